The highest BCUT2D eigenvalue weighted by molar-refractivity contribution is 5.76. The van der Waals surface area contributed by atoms with Gasteiger partial charge in [-0.3, -0.25) is 4.79 Å². The van der Waals surface area contributed by atoms with Gasteiger partial charge in [-0.25, -0.2) is 4.39 Å². The number of halogens is 1. The second kappa shape index (κ2) is 7.70. The zero-order chi connectivity index (χ0) is 16.0. The molecule has 1 aliphatic rings. The summed E-state index contributed by atoms with van der Waals surface area (Å²) in [7, 11) is 0. The molecule has 0 bridgehead atoms. The number of aryl methyl sites for hydroxylation is 1. The molecule has 1 amide bonds. The largest absolute Gasteiger partial charge is 0.395 e. The average Bonchev–Trinajstić information content (AvgIpc) is 2.85. The molecule has 1 aromatic rings. The van der Waals surface area contributed by atoms with Gasteiger partial charge in [0.2, 0.25) is 5.91 Å². The van der Waals surface area contributed by atoms with Gasteiger partial charge in [0.05, 0.1) is 18.2 Å². The number of amides is 1. The van der Waals surface area contributed by atoms with Gasteiger partial charge in [-0.15, -0.1) is 0 Å². The molecule has 0 spiro atoms. The van der Waals surface area contributed by atoms with Gasteiger partial charge in [-0.05, 0) is 24.8 Å². The minimum atomic E-state index is -1.27. The maximum Gasteiger partial charge on any atom is 0.220 e. The van der Waals surface area contributed by atoms with Crippen LogP contribution >= 0.6 is 0 Å². The van der Waals surface area contributed by atoms with E-state index in [9.17, 15) is 14.3 Å². The van der Waals surface area contributed by atoms with Crippen molar-refractivity contribution in [2.75, 3.05) is 13.2 Å². The number of hydrogen-bond donors (Lipinski definition) is 3. The molecule has 3 atom stereocenters. The summed E-state index contributed by atoms with van der Waals surface area (Å²) >= 11 is 0. The molecule has 5 heteroatoms. The van der Waals surface area contributed by atoms with Crippen molar-refractivity contribution in [1.29, 1.82) is 0 Å². The quantitative estimate of drug-likeness (QED) is 0.717. The molecule has 0 unspecified atom stereocenters. The normalized spacial score (nSPS) is 27.8. The van der Waals surface area contributed by atoms with Crippen LogP contribution in [0.1, 0.15) is 31.7 Å². The first-order valence-corrected chi connectivity index (χ1v) is 7.94. The summed E-state index contributed by atoms with van der Waals surface area (Å²) in [6.45, 7) is 1.86. The van der Waals surface area contributed by atoms with Gasteiger partial charge in [-0.2, -0.15) is 0 Å². The number of carbonyl (C=O) groups excluding carboxylic acids is 1. The minimum absolute atomic E-state index is 0.150. The van der Waals surface area contributed by atoms with Gasteiger partial charge < -0.3 is 15.7 Å². The second-order valence-electron chi connectivity index (χ2n) is 5.97. The second-order valence-corrected chi connectivity index (χ2v) is 5.97. The van der Waals surface area contributed by atoms with Gasteiger partial charge in [0, 0.05) is 13.0 Å². The van der Waals surface area contributed by atoms with Crippen LogP contribution in [0.15, 0.2) is 30.3 Å². The van der Waals surface area contributed by atoms with Crippen molar-refractivity contribution in [3.63, 3.8) is 0 Å². The number of alkyl halides is 1. The summed E-state index contributed by atoms with van der Waals surface area (Å²) in [4.78, 5) is 11.8. The van der Waals surface area contributed by atoms with Crippen molar-refractivity contribution in [2.24, 2.45) is 0 Å². The molecule has 1 aromatic carbocycles. The van der Waals surface area contributed by atoms with Crippen LogP contribution in [0.4, 0.5) is 4.39 Å². The molecule has 1 aliphatic heterocycles. The maximum atomic E-state index is 14.7. The Balaban J connectivity index is 2.00. The molecule has 1 saturated heterocycles. The van der Waals surface area contributed by atoms with Crippen molar-refractivity contribution in [2.45, 2.75) is 50.4 Å². The first-order chi connectivity index (χ1) is 10.6. The maximum absolute atomic E-state index is 14.7. The Morgan fingerprint density at radius 3 is 2.77 bits per heavy atom. The van der Waals surface area contributed by atoms with E-state index in [1.807, 2.05) is 30.3 Å². The molecule has 0 aromatic heterocycles. The summed E-state index contributed by atoms with van der Waals surface area (Å²) in [5.74, 6) is -0.150. The molecular formula is C17H25FN2O2. The van der Waals surface area contributed by atoms with E-state index in [1.165, 1.54) is 5.56 Å². The predicted molar refractivity (Wildman–Crippen MR) is 84.3 cm³/mol. The lowest BCUT2D eigenvalue weighted by Crippen LogP contribution is -2.56. The third kappa shape index (κ3) is 3.84. The summed E-state index contributed by atoms with van der Waals surface area (Å²) < 4.78 is 14.7. The highest BCUT2D eigenvalue weighted by Crippen LogP contribution is 2.29. The highest BCUT2D eigenvalue weighted by atomic mass is 19.1. The van der Waals surface area contributed by atoms with Gasteiger partial charge in [0.15, 0.2) is 0 Å². The molecule has 0 aliphatic carbocycles. The first-order valence-electron chi connectivity index (χ1n) is 7.94. The Labute approximate surface area is 131 Å². The Hall–Kier alpha value is -1.46. The number of carbonyl (C=O) groups is 1. The van der Waals surface area contributed by atoms with Crippen LogP contribution in [-0.4, -0.2) is 41.9 Å². The third-order valence-electron chi connectivity index (χ3n) is 4.40. The van der Waals surface area contributed by atoms with Crippen LogP contribution in [0, 0.1) is 0 Å². The molecular weight excluding hydrogens is 283 g/mol. The molecule has 1 heterocycles. The Morgan fingerprint density at radius 2 is 2.18 bits per heavy atom. The van der Waals surface area contributed by atoms with E-state index >= 15 is 0 Å². The van der Waals surface area contributed by atoms with Gasteiger partial charge >= 0.3 is 0 Å². The Morgan fingerprint density at radius 1 is 1.45 bits per heavy atom. The van der Waals surface area contributed by atoms with Gasteiger partial charge in [0.25, 0.3) is 0 Å². The third-order valence-corrected chi connectivity index (χ3v) is 4.40. The highest BCUT2D eigenvalue weighted by Gasteiger charge is 2.49. The van der Waals surface area contributed by atoms with Gasteiger partial charge in [0.1, 0.15) is 6.17 Å². The molecule has 22 heavy (non-hydrogen) atoms. The van der Waals surface area contributed by atoms with Crippen molar-refractivity contribution >= 4 is 5.91 Å². The van der Waals surface area contributed by atoms with E-state index in [0.717, 1.165) is 12.8 Å². The lowest BCUT2D eigenvalue weighted by molar-refractivity contribution is -0.123. The molecule has 1 fully saturated rings. The van der Waals surface area contributed by atoms with Crippen molar-refractivity contribution in [3.05, 3.63) is 35.9 Å². The zero-order valence-electron chi connectivity index (χ0n) is 13.0. The van der Waals surface area contributed by atoms with Crippen LogP contribution < -0.4 is 10.6 Å². The molecule has 3 N–H and O–H groups in total. The molecule has 4 nitrogen and oxygen atoms in total. The van der Waals surface area contributed by atoms with E-state index in [1.54, 1.807) is 6.92 Å². The number of aliphatic hydroxyl groups excluding tert-OH is 1. The number of benzene rings is 1. The predicted octanol–water partition coefficient (Wildman–Crippen LogP) is 1.58. The molecule has 0 saturated carbocycles. The molecule has 2 rings (SSSR count). The standard InChI is InChI=1S/C17H25FN2O2/c1-2-15(22)20-17(12-19-14(11-21)16(17)18)10-6-9-13-7-4-3-5-8-13/h3-5,7-8,14,16,19,21H,2,6,9-12H2,1H3,(H,20,22)/t14-,16+,17-/m0/s1. The fourth-order valence-electron chi connectivity index (χ4n) is 3.08. The van der Waals surface area contributed by atoms with Crippen molar-refractivity contribution in [1.82, 2.24) is 10.6 Å². The van der Waals surface area contributed by atoms with Crippen LogP contribution in [-0.2, 0) is 11.2 Å². The number of rotatable bonds is 7. The average molecular weight is 308 g/mol. The monoisotopic (exact) mass is 308 g/mol. The smallest absolute Gasteiger partial charge is 0.220 e. The van der Waals surface area contributed by atoms with E-state index in [2.05, 4.69) is 10.6 Å². The number of hydrogen-bond acceptors (Lipinski definition) is 3. The first kappa shape index (κ1) is 16.9. The van der Waals surface area contributed by atoms with E-state index < -0.39 is 17.8 Å². The van der Waals surface area contributed by atoms with Crippen LogP contribution in [0.25, 0.3) is 0 Å². The summed E-state index contributed by atoms with van der Waals surface area (Å²) in [5, 5.41) is 15.1. The minimum Gasteiger partial charge on any atom is -0.395 e. The Bertz CT molecular complexity index is 483. The van der Waals surface area contributed by atoms with Crippen LogP contribution in [0.3, 0.4) is 0 Å². The fourth-order valence-corrected chi connectivity index (χ4v) is 3.08. The topological polar surface area (TPSA) is 61.4 Å². The van der Waals surface area contributed by atoms with Crippen LogP contribution in [0.5, 0.6) is 0 Å². The van der Waals surface area contributed by atoms with Gasteiger partial charge in [-0.1, -0.05) is 37.3 Å². The summed E-state index contributed by atoms with van der Waals surface area (Å²) in [5.41, 5.74) is 0.300. The van der Waals surface area contributed by atoms with Crippen molar-refractivity contribution < 1.29 is 14.3 Å². The van der Waals surface area contributed by atoms with E-state index in [-0.39, 0.29) is 12.5 Å². The SMILES string of the molecule is CCC(=O)N[C@@]1(CCCc2ccccc2)CN[C@@H](CO)[C@H]1F. The van der Waals surface area contributed by atoms with Crippen LogP contribution in [0.2, 0.25) is 0 Å². The van der Waals surface area contributed by atoms with E-state index in [4.69, 9.17) is 0 Å². The summed E-state index contributed by atoms with van der Waals surface area (Å²) in [6.07, 6.45) is 1.24. The molecule has 0 radical (unpaired) electrons. The summed E-state index contributed by atoms with van der Waals surface area (Å²) in [6, 6.07) is 9.44. The Kier molecular flexibility index (Phi) is 5.91. The number of nitrogens with one attached hydrogen (secondary N) is 2. The lowest BCUT2D eigenvalue weighted by Gasteiger charge is -2.32. The van der Waals surface area contributed by atoms with E-state index in [0.29, 0.717) is 19.4 Å². The lowest BCUT2D eigenvalue weighted by atomic mass is 9.87. The fraction of sp³-hybridized carbons (Fsp3) is 0.588. The number of aliphatic hydroxyl groups is 1. The van der Waals surface area contributed by atoms with Crippen molar-refractivity contribution in [3.8, 4) is 0 Å². The molecule has 122 valence electrons. The zero-order valence-corrected chi connectivity index (χ0v) is 13.0.